The van der Waals surface area contributed by atoms with E-state index in [1.165, 1.54) is 0 Å². The second-order valence-corrected chi connectivity index (χ2v) is 9.62. The first-order chi connectivity index (χ1) is 14.8. The Morgan fingerprint density at radius 1 is 1.32 bits per heavy atom. The number of ether oxygens (including phenoxy) is 2. The molecule has 1 amide bonds. The number of fused-ring (bicyclic) bond motifs is 3. The predicted octanol–water partition coefficient (Wildman–Crippen LogP) is 1.15. The second-order valence-electron chi connectivity index (χ2n) is 7.87. The summed E-state index contributed by atoms with van der Waals surface area (Å²) in [6.07, 6.45) is 3.78. The van der Waals surface area contributed by atoms with Gasteiger partial charge in [-0.2, -0.15) is 0 Å². The molecule has 10 heteroatoms. The van der Waals surface area contributed by atoms with Crippen LogP contribution in [0.4, 0.5) is 5.69 Å². The fourth-order valence-electron chi connectivity index (χ4n) is 4.15. The molecule has 1 aromatic heterocycles. The van der Waals surface area contributed by atoms with Crippen LogP contribution in [0.2, 0.25) is 0 Å². The molecule has 9 nitrogen and oxygen atoms in total. The first kappa shape index (κ1) is 21.5. The molecule has 2 aliphatic heterocycles. The summed E-state index contributed by atoms with van der Waals surface area (Å²) in [5.41, 5.74) is 2.20. The van der Waals surface area contributed by atoms with Gasteiger partial charge in [-0.25, -0.2) is 8.42 Å². The lowest BCUT2D eigenvalue weighted by Gasteiger charge is -2.37. The highest BCUT2D eigenvalue weighted by Crippen LogP contribution is 2.47. The molecule has 2 aliphatic rings. The molecule has 166 valence electrons. The minimum Gasteiger partial charge on any atom is -0.487 e. The molecule has 1 fully saturated rings. The second kappa shape index (κ2) is 8.81. The average Bonchev–Trinajstić information content (AvgIpc) is 3.09. The van der Waals surface area contributed by atoms with Crippen molar-refractivity contribution in [2.45, 2.75) is 43.6 Å². The summed E-state index contributed by atoms with van der Waals surface area (Å²) in [7, 11) is -3.41. The molecular weight excluding hydrogens is 422 g/mol. The van der Waals surface area contributed by atoms with Crippen LogP contribution in [0, 0.1) is 0 Å². The van der Waals surface area contributed by atoms with Crippen molar-refractivity contribution in [3.8, 4) is 5.75 Å². The highest BCUT2D eigenvalue weighted by Gasteiger charge is 2.46. The number of carbonyl (C=O) groups is 1. The number of hydrogen-bond donors (Lipinski definition) is 3. The number of rotatable bonds is 7. The number of sulfonamides is 1. The van der Waals surface area contributed by atoms with Crippen LogP contribution in [-0.2, 0) is 26.1 Å². The van der Waals surface area contributed by atoms with Crippen molar-refractivity contribution < 1.29 is 27.8 Å². The van der Waals surface area contributed by atoms with Gasteiger partial charge in [0, 0.05) is 36.1 Å². The van der Waals surface area contributed by atoms with E-state index in [-0.39, 0.29) is 31.0 Å². The van der Waals surface area contributed by atoms with E-state index < -0.39 is 22.2 Å². The van der Waals surface area contributed by atoms with Gasteiger partial charge in [0.15, 0.2) is 0 Å². The monoisotopic (exact) mass is 447 g/mol. The van der Waals surface area contributed by atoms with Crippen LogP contribution in [0.5, 0.6) is 5.75 Å². The normalized spacial score (nSPS) is 24.6. The summed E-state index contributed by atoms with van der Waals surface area (Å²) >= 11 is 0. The fraction of sp³-hybridized carbons (Fsp3) is 0.429. The predicted molar refractivity (Wildman–Crippen MR) is 113 cm³/mol. The molecule has 3 N–H and O–H groups in total. The lowest BCUT2D eigenvalue weighted by atomic mass is 9.84. The van der Waals surface area contributed by atoms with E-state index in [2.05, 4.69) is 15.0 Å². The maximum absolute atomic E-state index is 12.4. The van der Waals surface area contributed by atoms with Gasteiger partial charge in [0.05, 0.1) is 25.4 Å². The molecule has 0 saturated carbocycles. The van der Waals surface area contributed by atoms with Crippen molar-refractivity contribution in [1.82, 2.24) is 10.3 Å². The van der Waals surface area contributed by atoms with Gasteiger partial charge in [-0.3, -0.25) is 14.5 Å². The quantitative estimate of drug-likeness (QED) is 0.581. The van der Waals surface area contributed by atoms with Crippen molar-refractivity contribution in [3.05, 3.63) is 53.9 Å². The lowest BCUT2D eigenvalue weighted by molar-refractivity contribution is -0.142. The van der Waals surface area contributed by atoms with Crippen LogP contribution in [0.25, 0.3) is 0 Å². The van der Waals surface area contributed by atoms with Crippen molar-refractivity contribution in [2.24, 2.45) is 0 Å². The molecule has 4 rings (SSSR count). The summed E-state index contributed by atoms with van der Waals surface area (Å²) in [6, 6.07) is 8.79. The van der Waals surface area contributed by atoms with Crippen molar-refractivity contribution in [1.29, 1.82) is 0 Å². The first-order valence-electron chi connectivity index (χ1n) is 10.0. The molecule has 0 aliphatic carbocycles. The number of nitrogens with one attached hydrogen (secondary N) is 2. The van der Waals surface area contributed by atoms with Crippen LogP contribution in [0.3, 0.4) is 0 Å². The molecule has 0 bridgehead atoms. The lowest BCUT2D eigenvalue weighted by Crippen LogP contribution is -2.47. The zero-order valence-electron chi connectivity index (χ0n) is 17.0. The fourth-order valence-corrected chi connectivity index (χ4v) is 4.70. The number of anilines is 1. The summed E-state index contributed by atoms with van der Waals surface area (Å²) < 4.78 is 37.6. The van der Waals surface area contributed by atoms with Crippen LogP contribution < -0.4 is 14.8 Å². The van der Waals surface area contributed by atoms with Crippen molar-refractivity contribution in [3.63, 3.8) is 0 Å². The van der Waals surface area contributed by atoms with E-state index in [0.717, 1.165) is 17.4 Å². The van der Waals surface area contributed by atoms with E-state index in [4.69, 9.17) is 9.47 Å². The molecule has 3 heterocycles. The van der Waals surface area contributed by atoms with E-state index in [1.807, 2.05) is 12.1 Å². The molecule has 0 radical (unpaired) electrons. The summed E-state index contributed by atoms with van der Waals surface area (Å²) in [4.78, 5) is 16.5. The number of nitrogens with zero attached hydrogens (tertiary/aromatic N) is 1. The zero-order valence-corrected chi connectivity index (χ0v) is 17.8. The van der Waals surface area contributed by atoms with Crippen LogP contribution in [0.15, 0.2) is 42.7 Å². The summed E-state index contributed by atoms with van der Waals surface area (Å²) in [6.45, 7) is 0.138. The molecule has 31 heavy (non-hydrogen) atoms. The number of benzene rings is 1. The van der Waals surface area contributed by atoms with Gasteiger partial charge in [-0.15, -0.1) is 0 Å². The van der Waals surface area contributed by atoms with Crippen LogP contribution >= 0.6 is 0 Å². The van der Waals surface area contributed by atoms with Gasteiger partial charge < -0.3 is 19.9 Å². The van der Waals surface area contributed by atoms with Gasteiger partial charge in [0.1, 0.15) is 18.0 Å². The molecule has 1 aromatic carbocycles. The number of aliphatic hydroxyl groups excluding tert-OH is 1. The van der Waals surface area contributed by atoms with Gasteiger partial charge in [-0.05, 0) is 36.2 Å². The van der Waals surface area contributed by atoms with Gasteiger partial charge in [0.2, 0.25) is 15.9 Å². The Morgan fingerprint density at radius 3 is 2.87 bits per heavy atom. The number of carbonyl (C=O) groups excluding carboxylic acids is 1. The van der Waals surface area contributed by atoms with Crippen molar-refractivity contribution in [2.75, 3.05) is 17.6 Å². The molecule has 4 atom stereocenters. The minimum atomic E-state index is -3.41. The topological polar surface area (TPSA) is 127 Å². The Hall–Kier alpha value is -2.69. The van der Waals surface area contributed by atoms with E-state index in [1.54, 1.807) is 30.6 Å². The minimum absolute atomic E-state index is 0.113. The smallest absolute Gasteiger partial charge is 0.229 e. The number of aromatic nitrogens is 1. The van der Waals surface area contributed by atoms with Gasteiger partial charge in [0.25, 0.3) is 0 Å². The van der Waals surface area contributed by atoms with Crippen LogP contribution in [-0.4, -0.2) is 55.6 Å². The third kappa shape index (κ3) is 5.15. The Balaban J connectivity index is 1.45. The number of pyridine rings is 1. The average molecular weight is 448 g/mol. The highest BCUT2D eigenvalue weighted by molar-refractivity contribution is 7.92. The van der Waals surface area contributed by atoms with E-state index in [0.29, 0.717) is 24.4 Å². The van der Waals surface area contributed by atoms with Gasteiger partial charge in [-0.1, -0.05) is 6.07 Å². The summed E-state index contributed by atoms with van der Waals surface area (Å²) in [5, 5.41) is 12.7. The zero-order chi connectivity index (χ0) is 22.0. The highest BCUT2D eigenvalue weighted by atomic mass is 32.2. The van der Waals surface area contributed by atoms with Crippen LogP contribution in [0.1, 0.15) is 29.9 Å². The maximum atomic E-state index is 12.4. The standard InChI is InChI=1S/C21H25N3O6S/c1-31(27,28)24-14-4-5-18-16(7-14)17-8-15(29-19(12-25)21(17)30-18)9-20(26)23-11-13-3-2-6-22-10-13/h2-7,10,15,17,19,21,24-25H,8-9,11-12H2,1H3,(H,23,26)/t15-,17+,19-,21-/m0/s1. The van der Waals surface area contributed by atoms with E-state index in [9.17, 15) is 18.3 Å². The molecule has 0 spiro atoms. The molecule has 0 unspecified atom stereocenters. The largest absolute Gasteiger partial charge is 0.487 e. The number of hydrogen-bond acceptors (Lipinski definition) is 7. The third-order valence-electron chi connectivity index (χ3n) is 5.43. The number of amides is 1. The Kier molecular flexibility index (Phi) is 6.12. The maximum Gasteiger partial charge on any atom is 0.229 e. The Bertz CT molecular complexity index is 1050. The van der Waals surface area contributed by atoms with Crippen molar-refractivity contribution >= 4 is 21.6 Å². The third-order valence-corrected chi connectivity index (χ3v) is 6.03. The van der Waals surface area contributed by atoms with E-state index >= 15 is 0 Å². The molecular formula is C21H25N3O6S. The SMILES string of the molecule is CS(=O)(=O)Nc1ccc2c(c1)[C@H]1C[C@@H](CC(=O)NCc3cccnc3)O[C@@H](CO)[C@H]1O2. The Morgan fingerprint density at radius 2 is 2.16 bits per heavy atom. The number of aliphatic hydroxyl groups is 1. The molecule has 1 saturated heterocycles. The first-order valence-corrected chi connectivity index (χ1v) is 11.9. The molecule has 2 aromatic rings. The summed E-state index contributed by atoms with van der Waals surface area (Å²) in [5.74, 6) is 0.367. The Labute approximate surface area is 180 Å². The van der Waals surface area contributed by atoms with Gasteiger partial charge >= 0.3 is 0 Å².